The van der Waals surface area contributed by atoms with Gasteiger partial charge in [0.1, 0.15) is 5.76 Å². The molecule has 2 aromatic heterocycles. The van der Waals surface area contributed by atoms with E-state index < -0.39 is 0 Å². The van der Waals surface area contributed by atoms with Gasteiger partial charge in [-0.1, -0.05) is 6.42 Å². The third kappa shape index (κ3) is 3.24. The Morgan fingerprint density at radius 2 is 2.21 bits per heavy atom. The van der Waals surface area contributed by atoms with Crippen molar-refractivity contribution in [2.45, 2.75) is 44.1 Å². The molecule has 3 heterocycles. The summed E-state index contributed by atoms with van der Waals surface area (Å²) in [6.45, 7) is 2.67. The fourth-order valence-corrected chi connectivity index (χ4v) is 3.57. The second-order valence-electron chi connectivity index (χ2n) is 6.81. The number of carbonyl (C=O) groups excluding carboxylic acids is 1. The molecule has 2 N–H and O–H groups in total. The Hall–Kier alpha value is -2.08. The summed E-state index contributed by atoms with van der Waals surface area (Å²) in [5, 5.41) is 10.1. The van der Waals surface area contributed by atoms with E-state index in [1.54, 1.807) is 12.5 Å². The van der Waals surface area contributed by atoms with Gasteiger partial charge in [-0.05, 0) is 50.9 Å². The number of furan rings is 1. The number of piperidine rings is 1. The number of nitrogens with zero attached hydrogens (tertiary/aromatic N) is 2. The molecule has 1 aliphatic carbocycles. The highest BCUT2D eigenvalue weighted by Gasteiger charge is 2.31. The zero-order valence-electron chi connectivity index (χ0n) is 13.8. The van der Waals surface area contributed by atoms with E-state index >= 15 is 0 Å². The van der Waals surface area contributed by atoms with Gasteiger partial charge >= 0.3 is 0 Å². The average molecular weight is 328 g/mol. The van der Waals surface area contributed by atoms with Crippen molar-refractivity contribution in [1.82, 2.24) is 20.4 Å². The van der Waals surface area contributed by atoms with E-state index in [0.717, 1.165) is 37.4 Å². The quantitative estimate of drug-likeness (QED) is 0.855. The maximum atomic E-state index is 12.6. The molecule has 4 rings (SSSR count). The summed E-state index contributed by atoms with van der Waals surface area (Å²) in [6, 6.07) is 4.01. The fourth-order valence-electron chi connectivity index (χ4n) is 3.57. The van der Waals surface area contributed by atoms with Crippen LogP contribution in [0.1, 0.15) is 65.9 Å². The largest absolute Gasteiger partial charge is 0.468 e. The molecule has 1 aliphatic heterocycles. The summed E-state index contributed by atoms with van der Waals surface area (Å²) in [5.41, 5.74) is 1.68. The van der Waals surface area contributed by atoms with Crippen LogP contribution >= 0.6 is 0 Å². The Kier molecular flexibility index (Phi) is 4.38. The molecule has 24 heavy (non-hydrogen) atoms. The molecule has 6 nitrogen and oxygen atoms in total. The number of aromatic amines is 1. The Balaban J connectivity index is 1.44. The monoisotopic (exact) mass is 328 g/mol. The third-order valence-corrected chi connectivity index (χ3v) is 5.06. The maximum Gasteiger partial charge on any atom is 0.254 e. The molecule has 2 aliphatic rings. The summed E-state index contributed by atoms with van der Waals surface area (Å²) in [6.07, 6.45) is 9.34. The van der Waals surface area contributed by atoms with Crippen molar-refractivity contribution in [3.63, 3.8) is 0 Å². The SMILES string of the molecule is O=C(NC[C@H](c1ccco1)N1CCCCC1)c1cn[nH]c1C1CC1. The van der Waals surface area contributed by atoms with Crippen LogP contribution in [-0.4, -0.2) is 40.6 Å². The highest BCUT2D eigenvalue weighted by molar-refractivity contribution is 5.95. The van der Waals surface area contributed by atoms with E-state index in [1.807, 2.05) is 12.1 Å². The Labute approximate surface area is 141 Å². The minimum atomic E-state index is -0.0424. The van der Waals surface area contributed by atoms with Crippen LogP contribution in [0.25, 0.3) is 0 Å². The zero-order valence-corrected chi connectivity index (χ0v) is 13.8. The van der Waals surface area contributed by atoms with Gasteiger partial charge in [0.25, 0.3) is 5.91 Å². The van der Waals surface area contributed by atoms with Gasteiger partial charge < -0.3 is 9.73 Å². The van der Waals surface area contributed by atoms with Crippen molar-refractivity contribution in [3.8, 4) is 0 Å². The van der Waals surface area contributed by atoms with Crippen LogP contribution in [0.5, 0.6) is 0 Å². The first-order valence-electron chi connectivity index (χ1n) is 8.92. The van der Waals surface area contributed by atoms with Crippen molar-refractivity contribution in [2.75, 3.05) is 19.6 Å². The van der Waals surface area contributed by atoms with Crippen molar-refractivity contribution >= 4 is 5.91 Å². The maximum absolute atomic E-state index is 12.6. The molecule has 2 fully saturated rings. The number of hydrogen-bond donors (Lipinski definition) is 2. The van der Waals surface area contributed by atoms with Gasteiger partial charge in [-0.3, -0.25) is 14.8 Å². The molecular weight excluding hydrogens is 304 g/mol. The van der Waals surface area contributed by atoms with Crippen LogP contribution < -0.4 is 5.32 Å². The highest BCUT2D eigenvalue weighted by atomic mass is 16.3. The van der Waals surface area contributed by atoms with Crippen LogP contribution in [0.15, 0.2) is 29.0 Å². The fraction of sp³-hybridized carbons (Fsp3) is 0.556. The van der Waals surface area contributed by atoms with Gasteiger partial charge in [0.2, 0.25) is 0 Å². The van der Waals surface area contributed by atoms with E-state index in [-0.39, 0.29) is 11.9 Å². The van der Waals surface area contributed by atoms with Gasteiger partial charge in [-0.2, -0.15) is 5.10 Å². The summed E-state index contributed by atoms with van der Waals surface area (Å²) in [7, 11) is 0. The number of H-pyrrole nitrogens is 1. The first-order chi connectivity index (χ1) is 11.8. The molecular formula is C18H24N4O2. The van der Waals surface area contributed by atoms with Crippen LogP contribution in [-0.2, 0) is 0 Å². The van der Waals surface area contributed by atoms with Gasteiger partial charge in [0.05, 0.1) is 29.8 Å². The summed E-state index contributed by atoms with van der Waals surface area (Å²) in [4.78, 5) is 15.0. The molecule has 1 atom stereocenters. The van der Waals surface area contributed by atoms with Gasteiger partial charge in [-0.15, -0.1) is 0 Å². The normalized spacial score (nSPS) is 20.0. The Morgan fingerprint density at radius 3 is 2.92 bits per heavy atom. The molecule has 0 bridgehead atoms. The van der Waals surface area contributed by atoms with E-state index in [9.17, 15) is 4.79 Å². The van der Waals surface area contributed by atoms with E-state index in [2.05, 4.69) is 20.4 Å². The standard InChI is InChI=1S/C18H24N4O2/c23-18(14-11-20-21-17(14)13-6-7-13)19-12-15(16-5-4-10-24-16)22-8-2-1-3-9-22/h4-5,10-11,13,15H,1-3,6-9,12H2,(H,19,23)(H,20,21)/t15-/m1/s1. The number of rotatable bonds is 6. The van der Waals surface area contributed by atoms with Crippen LogP contribution in [0.3, 0.4) is 0 Å². The lowest BCUT2D eigenvalue weighted by atomic mass is 10.1. The predicted octanol–water partition coefficient (Wildman–Crippen LogP) is 2.84. The Bertz CT molecular complexity index is 669. The Morgan fingerprint density at radius 1 is 1.38 bits per heavy atom. The summed E-state index contributed by atoms with van der Waals surface area (Å²) < 4.78 is 5.63. The minimum Gasteiger partial charge on any atom is -0.468 e. The lowest BCUT2D eigenvalue weighted by Gasteiger charge is -2.33. The van der Waals surface area contributed by atoms with E-state index in [1.165, 1.54) is 19.3 Å². The van der Waals surface area contributed by atoms with Crippen molar-refractivity contribution in [3.05, 3.63) is 41.6 Å². The molecule has 0 radical (unpaired) electrons. The van der Waals surface area contributed by atoms with Gasteiger partial charge in [0.15, 0.2) is 0 Å². The van der Waals surface area contributed by atoms with Gasteiger partial charge in [-0.25, -0.2) is 0 Å². The molecule has 0 unspecified atom stereocenters. The van der Waals surface area contributed by atoms with E-state index in [4.69, 9.17) is 4.42 Å². The van der Waals surface area contributed by atoms with Crippen molar-refractivity contribution < 1.29 is 9.21 Å². The van der Waals surface area contributed by atoms with Crippen LogP contribution in [0.2, 0.25) is 0 Å². The molecule has 6 heteroatoms. The van der Waals surface area contributed by atoms with Crippen LogP contribution in [0, 0.1) is 0 Å². The van der Waals surface area contributed by atoms with E-state index in [0.29, 0.717) is 18.0 Å². The average Bonchev–Trinajstić information content (AvgIpc) is 3.12. The molecule has 128 valence electrons. The summed E-state index contributed by atoms with van der Waals surface area (Å²) >= 11 is 0. The number of amides is 1. The highest BCUT2D eigenvalue weighted by Crippen LogP contribution is 2.40. The van der Waals surface area contributed by atoms with Gasteiger partial charge in [0, 0.05) is 12.5 Å². The molecule has 1 saturated carbocycles. The predicted molar refractivity (Wildman–Crippen MR) is 89.8 cm³/mol. The lowest BCUT2D eigenvalue weighted by Crippen LogP contribution is -2.40. The number of nitrogens with one attached hydrogen (secondary N) is 2. The second kappa shape index (κ2) is 6.81. The van der Waals surface area contributed by atoms with Crippen molar-refractivity contribution in [1.29, 1.82) is 0 Å². The molecule has 1 saturated heterocycles. The molecule has 0 spiro atoms. The summed E-state index contributed by atoms with van der Waals surface area (Å²) in [5.74, 6) is 1.36. The second-order valence-corrected chi connectivity index (χ2v) is 6.81. The molecule has 2 aromatic rings. The number of aromatic nitrogens is 2. The first kappa shape index (κ1) is 15.4. The lowest BCUT2D eigenvalue weighted by molar-refractivity contribution is 0.0913. The topological polar surface area (TPSA) is 74.2 Å². The minimum absolute atomic E-state index is 0.0424. The first-order valence-corrected chi connectivity index (χ1v) is 8.92. The number of carbonyl (C=O) groups is 1. The van der Waals surface area contributed by atoms with Crippen LogP contribution in [0.4, 0.5) is 0 Å². The smallest absolute Gasteiger partial charge is 0.254 e. The van der Waals surface area contributed by atoms with Crippen molar-refractivity contribution in [2.24, 2.45) is 0 Å². The molecule has 0 aromatic carbocycles. The number of likely N-dealkylation sites (tertiary alicyclic amines) is 1. The third-order valence-electron chi connectivity index (χ3n) is 5.06. The molecule has 1 amide bonds. The number of hydrogen-bond acceptors (Lipinski definition) is 4. The zero-order chi connectivity index (χ0) is 16.4.